The van der Waals surface area contributed by atoms with Gasteiger partial charge in [0.15, 0.2) is 9.84 Å². The number of nitrogens with one attached hydrogen (secondary N) is 1. The molecule has 3 nitrogen and oxygen atoms in total. The lowest BCUT2D eigenvalue weighted by Gasteiger charge is -2.07. The average molecular weight is 213 g/mol. The van der Waals surface area contributed by atoms with Crippen molar-refractivity contribution in [3.8, 4) is 0 Å². The average Bonchev–Trinajstić information content (AvgIpc) is 2.02. The smallest absolute Gasteiger partial charge is 0.191 e. The number of hydrogen-bond donors (Lipinski definition) is 1. The van der Waals surface area contributed by atoms with Gasteiger partial charge in [-0.3, -0.25) is 0 Å². The van der Waals surface area contributed by atoms with Crippen molar-refractivity contribution in [1.82, 2.24) is 5.32 Å². The van der Waals surface area contributed by atoms with E-state index in [1.807, 2.05) is 26.0 Å². The van der Waals surface area contributed by atoms with E-state index >= 15 is 0 Å². The molecule has 4 heteroatoms. The normalized spacial score (nSPS) is 11.6. The van der Waals surface area contributed by atoms with Crippen LogP contribution in [0.2, 0.25) is 0 Å². The van der Waals surface area contributed by atoms with Gasteiger partial charge in [0.1, 0.15) is 5.88 Å². The topological polar surface area (TPSA) is 46.2 Å². The van der Waals surface area contributed by atoms with E-state index in [1.54, 1.807) is 13.1 Å². The number of rotatable bonds is 3. The zero-order chi connectivity index (χ0) is 10.8. The van der Waals surface area contributed by atoms with Crippen LogP contribution in [-0.2, 0) is 9.84 Å². The molecule has 0 heterocycles. The van der Waals surface area contributed by atoms with Gasteiger partial charge in [-0.25, -0.2) is 8.42 Å². The molecule has 14 heavy (non-hydrogen) atoms. The second-order valence-electron chi connectivity index (χ2n) is 3.38. The van der Waals surface area contributed by atoms with Crippen LogP contribution in [0.1, 0.15) is 11.1 Å². The molecule has 1 aromatic rings. The van der Waals surface area contributed by atoms with E-state index in [9.17, 15) is 8.42 Å². The van der Waals surface area contributed by atoms with Gasteiger partial charge in [-0.2, -0.15) is 0 Å². The molecule has 0 saturated carbocycles. The minimum absolute atomic E-state index is 0.0170. The van der Waals surface area contributed by atoms with Crippen molar-refractivity contribution in [2.45, 2.75) is 18.7 Å². The maximum absolute atomic E-state index is 11.7. The molecule has 0 aromatic heterocycles. The van der Waals surface area contributed by atoms with Crippen molar-refractivity contribution in [1.29, 1.82) is 0 Å². The van der Waals surface area contributed by atoms with E-state index in [-0.39, 0.29) is 5.88 Å². The molecule has 0 fully saturated rings. The second kappa shape index (κ2) is 4.11. The number of hydrogen-bond acceptors (Lipinski definition) is 3. The predicted octanol–water partition coefficient (Wildman–Crippen LogP) is 1.25. The van der Waals surface area contributed by atoms with E-state index in [4.69, 9.17) is 0 Å². The van der Waals surface area contributed by atoms with Gasteiger partial charge >= 0.3 is 0 Å². The molecule has 0 aliphatic heterocycles. The first-order chi connectivity index (χ1) is 6.47. The lowest BCUT2D eigenvalue weighted by molar-refractivity contribution is 0.591. The molecule has 1 aromatic carbocycles. The van der Waals surface area contributed by atoms with Gasteiger partial charge in [-0.1, -0.05) is 17.7 Å². The summed E-state index contributed by atoms with van der Waals surface area (Å²) in [6.45, 7) is 3.76. The van der Waals surface area contributed by atoms with Crippen LogP contribution in [-0.4, -0.2) is 21.3 Å². The molecule has 0 amide bonds. The van der Waals surface area contributed by atoms with E-state index < -0.39 is 9.84 Å². The van der Waals surface area contributed by atoms with Crippen molar-refractivity contribution in [2.75, 3.05) is 12.9 Å². The van der Waals surface area contributed by atoms with Crippen molar-refractivity contribution >= 4 is 9.84 Å². The SMILES string of the molecule is CNCS(=O)(=O)c1ccc(C)cc1C. The maximum atomic E-state index is 11.7. The molecule has 0 aliphatic carbocycles. The summed E-state index contributed by atoms with van der Waals surface area (Å²) >= 11 is 0. The van der Waals surface area contributed by atoms with E-state index in [0.29, 0.717) is 4.90 Å². The third-order valence-electron chi connectivity index (χ3n) is 2.00. The Balaban J connectivity index is 3.20. The Morgan fingerprint density at radius 3 is 2.43 bits per heavy atom. The fraction of sp³-hybridized carbons (Fsp3) is 0.400. The highest BCUT2D eigenvalue weighted by atomic mass is 32.2. The minimum atomic E-state index is -3.17. The van der Waals surface area contributed by atoms with Crippen LogP contribution in [0.5, 0.6) is 0 Å². The Labute approximate surface area is 85.1 Å². The van der Waals surface area contributed by atoms with Crippen LogP contribution in [0.3, 0.4) is 0 Å². The van der Waals surface area contributed by atoms with Gasteiger partial charge in [0.25, 0.3) is 0 Å². The highest BCUT2D eigenvalue weighted by Crippen LogP contribution is 2.16. The molecule has 0 unspecified atom stereocenters. The Bertz CT molecular complexity index is 424. The Hall–Kier alpha value is -0.870. The minimum Gasteiger partial charge on any atom is -0.306 e. The summed E-state index contributed by atoms with van der Waals surface area (Å²) in [5.41, 5.74) is 1.88. The van der Waals surface area contributed by atoms with E-state index in [2.05, 4.69) is 5.32 Å². The molecule has 0 aliphatic rings. The van der Waals surface area contributed by atoms with Gasteiger partial charge in [-0.15, -0.1) is 0 Å². The van der Waals surface area contributed by atoms with Gasteiger partial charge in [0, 0.05) is 0 Å². The number of sulfone groups is 1. The standard InChI is InChI=1S/C10H15NO2S/c1-8-4-5-10(9(2)6-8)14(12,13)7-11-3/h4-6,11H,7H2,1-3H3. The number of benzene rings is 1. The quantitative estimate of drug-likeness (QED) is 0.822. The molecular formula is C10H15NO2S. The zero-order valence-electron chi connectivity index (χ0n) is 8.66. The molecule has 78 valence electrons. The van der Waals surface area contributed by atoms with E-state index in [0.717, 1.165) is 11.1 Å². The summed E-state index contributed by atoms with van der Waals surface area (Å²) in [5.74, 6) is -0.0170. The van der Waals surface area contributed by atoms with Crippen LogP contribution in [0.15, 0.2) is 23.1 Å². The Kier molecular flexibility index (Phi) is 3.29. The van der Waals surface area contributed by atoms with Crippen LogP contribution in [0.25, 0.3) is 0 Å². The highest BCUT2D eigenvalue weighted by Gasteiger charge is 2.15. The fourth-order valence-corrected chi connectivity index (χ4v) is 2.78. The van der Waals surface area contributed by atoms with Crippen molar-refractivity contribution in [2.24, 2.45) is 0 Å². The maximum Gasteiger partial charge on any atom is 0.191 e. The van der Waals surface area contributed by atoms with Crippen LogP contribution in [0, 0.1) is 13.8 Å². The lowest BCUT2D eigenvalue weighted by Crippen LogP contribution is -2.19. The molecular weight excluding hydrogens is 198 g/mol. The fourth-order valence-electron chi connectivity index (χ4n) is 1.42. The van der Waals surface area contributed by atoms with Crippen LogP contribution in [0.4, 0.5) is 0 Å². The molecule has 0 radical (unpaired) electrons. The summed E-state index contributed by atoms with van der Waals surface area (Å²) in [5, 5.41) is 2.66. The Morgan fingerprint density at radius 1 is 1.29 bits per heavy atom. The molecule has 0 saturated heterocycles. The van der Waals surface area contributed by atoms with Gasteiger partial charge in [0.05, 0.1) is 4.90 Å². The third kappa shape index (κ3) is 2.33. The first-order valence-corrected chi connectivity index (χ1v) is 6.07. The predicted molar refractivity (Wildman–Crippen MR) is 57.0 cm³/mol. The summed E-state index contributed by atoms with van der Waals surface area (Å²) in [6, 6.07) is 5.36. The van der Waals surface area contributed by atoms with Crippen molar-refractivity contribution in [3.05, 3.63) is 29.3 Å². The van der Waals surface area contributed by atoms with Gasteiger partial charge in [-0.05, 0) is 32.5 Å². The van der Waals surface area contributed by atoms with Crippen LogP contribution >= 0.6 is 0 Å². The highest BCUT2D eigenvalue weighted by molar-refractivity contribution is 7.91. The summed E-state index contributed by atoms with van der Waals surface area (Å²) in [6.07, 6.45) is 0. The van der Waals surface area contributed by atoms with Crippen LogP contribution < -0.4 is 5.32 Å². The lowest BCUT2D eigenvalue weighted by atomic mass is 10.2. The Morgan fingerprint density at radius 2 is 1.93 bits per heavy atom. The second-order valence-corrected chi connectivity index (χ2v) is 5.34. The molecule has 0 atom stereocenters. The number of aryl methyl sites for hydroxylation is 2. The first-order valence-electron chi connectivity index (χ1n) is 4.42. The summed E-state index contributed by atoms with van der Waals surface area (Å²) in [4.78, 5) is 0.414. The summed E-state index contributed by atoms with van der Waals surface area (Å²) < 4.78 is 23.4. The summed E-state index contributed by atoms with van der Waals surface area (Å²) in [7, 11) is -1.54. The molecule has 1 N–H and O–H groups in total. The molecule has 1 rings (SSSR count). The first kappa shape index (κ1) is 11.2. The van der Waals surface area contributed by atoms with Gasteiger partial charge in [0.2, 0.25) is 0 Å². The van der Waals surface area contributed by atoms with Gasteiger partial charge < -0.3 is 5.32 Å². The molecule has 0 spiro atoms. The zero-order valence-corrected chi connectivity index (χ0v) is 9.48. The largest absolute Gasteiger partial charge is 0.306 e. The van der Waals surface area contributed by atoms with Crippen molar-refractivity contribution in [3.63, 3.8) is 0 Å². The van der Waals surface area contributed by atoms with E-state index in [1.165, 1.54) is 0 Å². The molecule has 0 bridgehead atoms. The third-order valence-corrected chi connectivity index (χ3v) is 3.80. The monoisotopic (exact) mass is 213 g/mol. The van der Waals surface area contributed by atoms with Crippen molar-refractivity contribution < 1.29 is 8.42 Å².